The summed E-state index contributed by atoms with van der Waals surface area (Å²) < 4.78 is 5.68. The van der Waals surface area contributed by atoms with Crippen LogP contribution in [0.1, 0.15) is 39.5 Å². The zero-order valence-corrected chi connectivity index (χ0v) is 9.53. The number of ether oxygens (including phenoxy) is 1. The zero-order valence-electron chi connectivity index (χ0n) is 9.53. The van der Waals surface area contributed by atoms with Crippen LogP contribution in [0.25, 0.3) is 0 Å². The van der Waals surface area contributed by atoms with Crippen molar-refractivity contribution in [3.63, 3.8) is 0 Å². The van der Waals surface area contributed by atoms with Crippen molar-refractivity contribution in [2.75, 3.05) is 6.61 Å². The Hall–Kier alpha value is -0.830. The Bertz CT molecular complexity index is 245. The fourth-order valence-electron chi connectivity index (χ4n) is 2.03. The second-order valence-electron chi connectivity index (χ2n) is 4.53. The van der Waals surface area contributed by atoms with Crippen LogP contribution in [0.5, 0.6) is 0 Å². The summed E-state index contributed by atoms with van der Waals surface area (Å²) in [6, 6.07) is 0. The molecule has 86 valence electrons. The van der Waals surface area contributed by atoms with Crippen molar-refractivity contribution >= 4 is 5.97 Å². The van der Waals surface area contributed by atoms with Gasteiger partial charge in [-0.1, -0.05) is 19.8 Å². The molecule has 0 bridgehead atoms. The Morgan fingerprint density at radius 1 is 1.53 bits per heavy atom. The summed E-state index contributed by atoms with van der Waals surface area (Å²) in [7, 11) is 0. The van der Waals surface area contributed by atoms with Crippen LogP contribution < -0.4 is 0 Å². The first-order valence-corrected chi connectivity index (χ1v) is 5.59. The molecule has 0 amide bonds. The first kappa shape index (κ1) is 12.2. The molecular formula is C12H20O3. The average molecular weight is 212 g/mol. The third-order valence-corrected chi connectivity index (χ3v) is 2.80. The molecule has 0 aromatic heterocycles. The van der Waals surface area contributed by atoms with Gasteiger partial charge in [-0.05, 0) is 31.3 Å². The number of hydrogen-bond donors (Lipinski definition) is 1. The van der Waals surface area contributed by atoms with Crippen LogP contribution in [-0.2, 0) is 9.53 Å². The van der Waals surface area contributed by atoms with Crippen molar-refractivity contribution in [1.82, 2.24) is 0 Å². The summed E-state index contributed by atoms with van der Waals surface area (Å²) in [5.41, 5.74) is 0.778. The molecule has 3 heteroatoms. The Balaban J connectivity index is 2.27. The third kappa shape index (κ3) is 4.98. The first-order chi connectivity index (χ1) is 7.08. The lowest BCUT2D eigenvalue weighted by molar-refractivity contribution is -0.131. The van der Waals surface area contributed by atoms with Crippen molar-refractivity contribution in [2.45, 2.75) is 45.6 Å². The van der Waals surface area contributed by atoms with Crippen LogP contribution in [0.4, 0.5) is 0 Å². The standard InChI is InChI=1S/C12H20O3/c1-9-4-3-5-11(6-9)15-8-10(2)7-12(13)14/h7,9,11H,3-6,8H2,1-2H3,(H,13,14). The van der Waals surface area contributed by atoms with Crippen LogP contribution in [0.2, 0.25) is 0 Å². The lowest BCUT2D eigenvalue weighted by Crippen LogP contribution is -2.22. The lowest BCUT2D eigenvalue weighted by Gasteiger charge is -2.26. The van der Waals surface area contributed by atoms with Gasteiger partial charge in [-0.25, -0.2) is 4.79 Å². The SMILES string of the molecule is CC(=CC(=O)O)COC1CCCC(C)C1. The highest BCUT2D eigenvalue weighted by Gasteiger charge is 2.19. The molecule has 1 fully saturated rings. The molecule has 3 nitrogen and oxygen atoms in total. The molecule has 0 spiro atoms. The highest BCUT2D eigenvalue weighted by Crippen LogP contribution is 2.25. The molecule has 1 N–H and O–H groups in total. The molecule has 0 radical (unpaired) electrons. The first-order valence-electron chi connectivity index (χ1n) is 5.59. The molecule has 2 atom stereocenters. The molecule has 0 saturated heterocycles. The molecule has 1 rings (SSSR count). The minimum atomic E-state index is -0.895. The van der Waals surface area contributed by atoms with E-state index in [2.05, 4.69) is 6.92 Å². The molecule has 15 heavy (non-hydrogen) atoms. The van der Waals surface area contributed by atoms with E-state index >= 15 is 0 Å². The van der Waals surface area contributed by atoms with Gasteiger partial charge in [-0.3, -0.25) is 0 Å². The van der Waals surface area contributed by atoms with E-state index in [0.717, 1.165) is 24.3 Å². The topological polar surface area (TPSA) is 46.5 Å². The van der Waals surface area contributed by atoms with Gasteiger partial charge in [-0.2, -0.15) is 0 Å². The summed E-state index contributed by atoms with van der Waals surface area (Å²) in [5.74, 6) is -0.152. The Kier molecular flexibility index (Phi) is 4.82. The monoisotopic (exact) mass is 212 g/mol. The summed E-state index contributed by atoms with van der Waals surface area (Å²) in [4.78, 5) is 10.4. The van der Waals surface area contributed by atoms with Gasteiger partial charge in [0.2, 0.25) is 0 Å². The number of carboxylic acids is 1. The summed E-state index contributed by atoms with van der Waals surface area (Å²) in [5, 5.41) is 8.53. The van der Waals surface area contributed by atoms with Gasteiger partial charge in [0.05, 0.1) is 12.7 Å². The van der Waals surface area contributed by atoms with E-state index in [-0.39, 0.29) is 0 Å². The summed E-state index contributed by atoms with van der Waals surface area (Å²) >= 11 is 0. The molecule has 1 aliphatic carbocycles. The fourth-order valence-corrected chi connectivity index (χ4v) is 2.03. The van der Waals surface area contributed by atoms with E-state index < -0.39 is 5.97 Å². The second kappa shape index (κ2) is 5.91. The van der Waals surface area contributed by atoms with Crippen molar-refractivity contribution in [3.05, 3.63) is 11.6 Å². The minimum absolute atomic E-state index is 0.325. The van der Waals surface area contributed by atoms with Gasteiger partial charge in [0.15, 0.2) is 0 Å². The van der Waals surface area contributed by atoms with Gasteiger partial charge in [0.25, 0.3) is 0 Å². The Morgan fingerprint density at radius 2 is 2.27 bits per heavy atom. The predicted octanol–water partition coefficient (Wildman–Crippen LogP) is 2.61. The second-order valence-corrected chi connectivity index (χ2v) is 4.53. The van der Waals surface area contributed by atoms with Crippen molar-refractivity contribution in [3.8, 4) is 0 Å². The van der Waals surface area contributed by atoms with Gasteiger partial charge in [0.1, 0.15) is 0 Å². The van der Waals surface area contributed by atoms with E-state index in [1.165, 1.54) is 18.9 Å². The molecule has 1 saturated carbocycles. The molecule has 0 aliphatic heterocycles. The van der Waals surface area contributed by atoms with Gasteiger partial charge >= 0.3 is 5.97 Å². The van der Waals surface area contributed by atoms with E-state index in [1.807, 2.05) is 0 Å². The molecule has 0 heterocycles. The van der Waals surface area contributed by atoms with Gasteiger partial charge < -0.3 is 9.84 Å². The highest BCUT2D eigenvalue weighted by atomic mass is 16.5. The van der Waals surface area contributed by atoms with Crippen LogP contribution in [0.15, 0.2) is 11.6 Å². The normalized spacial score (nSPS) is 27.7. The van der Waals surface area contributed by atoms with Crippen LogP contribution >= 0.6 is 0 Å². The Labute approximate surface area is 91.1 Å². The number of aliphatic carboxylic acids is 1. The maximum absolute atomic E-state index is 10.4. The Morgan fingerprint density at radius 3 is 2.87 bits per heavy atom. The van der Waals surface area contributed by atoms with E-state index in [4.69, 9.17) is 9.84 Å². The van der Waals surface area contributed by atoms with Crippen molar-refractivity contribution in [1.29, 1.82) is 0 Å². The maximum atomic E-state index is 10.4. The molecule has 2 unspecified atom stereocenters. The average Bonchev–Trinajstić information content (AvgIpc) is 2.14. The number of hydrogen-bond acceptors (Lipinski definition) is 2. The summed E-state index contributed by atoms with van der Waals surface area (Å²) in [6.07, 6.45) is 6.29. The van der Waals surface area contributed by atoms with Crippen molar-refractivity contribution in [2.24, 2.45) is 5.92 Å². The maximum Gasteiger partial charge on any atom is 0.328 e. The molecule has 0 aromatic carbocycles. The smallest absolute Gasteiger partial charge is 0.328 e. The van der Waals surface area contributed by atoms with Crippen LogP contribution in [0.3, 0.4) is 0 Å². The third-order valence-electron chi connectivity index (χ3n) is 2.80. The molecular weight excluding hydrogens is 192 g/mol. The van der Waals surface area contributed by atoms with Crippen LogP contribution in [0, 0.1) is 5.92 Å². The van der Waals surface area contributed by atoms with E-state index in [1.54, 1.807) is 6.92 Å². The largest absolute Gasteiger partial charge is 0.478 e. The number of carbonyl (C=O) groups is 1. The number of rotatable bonds is 4. The molecule has 0 aromatic rings. The number of carboxylic acid groups (broad SMARTS) is 1. The van der Waals surface area contributed by atoms with Gasteiger partial charge in [-0.15, -0.1) is 0 Å². The predicted molar refractivity (Wildman–Crippen MR) is 58.8 cm³/mol. The molecule has 1 aliphatic rings. The minimum Gasteiger partial charge on any atom is -0.478 e. The fraction of sp³-hybridized carbons (Fsp3) is 0.750. The quantitative estimate of drug-likeness (QED) is 0.729. The van der Waals surface area contributed by atoms with Gasteiger partial charge in [0, 0.05) is 6.08 Å². The lowest BCUT2D eigenvalue weighted by atomic mass is 9.89. The van der Waals surface area contributed by atoms with E-state index in [0.29, 0.717) is 12.7 Å². The van der Waals surface area contributed by atoms with Crippen molar-refractivity contribution < 1.29 is 14.6 Å². The van der Waals surface area contributed by atoms with Crippen LogP contribution in [-0.4, -0.2) is 23.8 Å². The highest BCUT2D eigenvalue weighted by molar-refractivity contribution is 5.80. The zero-order chi connectivity index (χ0) is 11.3. The summed E-state index contributed by atoms with van der Waals surface area (Å²) in [6.45, 7) is 4.49. The van der Waals surface area contributed by atoms with E-state index in [9.17, 15) is 4.79 Å².